The molecule has 11 heavy (non-hydrogen) atoms. The molecule has 1 saturated carbocycles. The van der Waals surface area contributed by atoms with Gasteiger partial charge in [0.1, 0.15) is 0 Å². The van der Waals surface area contributed by atoms with Crippen LogP contribution in [-0.4, -0.2) is 18.2 Å². The van der Waals surface area contributed by atoms with Crippen molar-refractivity contribution in [3.63, 3.8) is 0 Å². The third-order valence-electron chi connectivity index (χ3n) is 2.15. The van der Waals surface area contributed by atoms with Gasteiger partial charge in [0, 0.05) is 13.0 Å². The topological polar surface area (TPSA) is 29.1 Å². The number of rotatable bonds is 4. The maximum Gasteiger partial charge on any atom is 0.220 e. The first-order valence-electron chi connectivity index (χ1n) is 4.04. The summed E-state index contributed by atoms with van der Waals surface area (Å²) in [6, 6.07) is 0. The lowest BCUT2D eigenvalue weighted by Crippen LogP contribution is -2.28. The van der Waals surface area contributed by atoms with Crippen LogP contribution in [0.3, 0.4) is 0 Å². The Labute approximate surface area is 73.2 Å². The molecule has 64 valence electrons. The van der Waals surface area contributed by atoms with Crippen molar-refractivity contribution < 1.29 is 4.79 Å². The number of thiol groups is 1. The fraction of sp³-hybridized carbons (Fsp3) is 0.875. The number of hydrogen-bond donors (Lipinski definition) is 2. The van der Waals surface area contributed by atoms with Crippen LogP contribution in [0.2, 0.25) is 0 Å². The van der Waals surface area contributed by atoms with Crippen molar-refractivity contribution in [1.82, 2.24) is 5.32 Å². The van der Waals surface area contributed by atoms with Gasteiger partial charge in [-0.05, 0) is 24.0 Å². The highest BCUT2D eigenvalue weighted by Gasteiger charge is 2.37. The van der Waals surface area contributed by atoms with Crippen LogP contribution in [0.1, 0.15) is 26.2 Å². The standard InChI is InChI=1S/C8H15NOS/c1-8(3-4-8)6-9-7(10)2-5-11/h11H,2-6H2,1H3,(H,9,10). The van der Waals surface area contributed by atoms with Gasteiger partial charge in [-0.2, -0.15) is 12.6 Å². The second-order valence-electron chi connectivity index (χ2n) is 3.56. The van der Waals surface area contributed by atoms with Gasteiger partial charge in [-0.25, -0.2) is 0 Å². The number of carbonyl (C=O) groups is 1. The molecule has 0 bridgehead atoms. The smallest absolute Gasteiger partial charge is 0.220 e. The van der Waals surface area contributed by atoms with Gasteiger partial charge in [-0.1, -0.05) is 6.92 Å². The predicted molar refractivity (Wildman–Crippen MR) is 48.8 cm³/mol. The van der Waals surface area contributed by atoms with Crippen LogP contribution in [0.15, 0.2) is 0 Å². The molecular formula is C8H15NOS. The van der Waals surface area contributed by atoms with Crippen LogP contribution in [0.25, 0.3) is 0 Å². The van der Waals surface area contributed by atoms with Crippen LogP contribution in [0, 0.1) is 5.41 Å². The van der Waals surface area contributed by atoms with Crippen molar-refractivity contribution in [3.05, 3.63) is 0 Å². The fourth-order valence-electron chi connectivity index (χ4n) is 0.892. The van der Waals surface area contributed by atoms with Gasteiger partial charge in [0.2, 0.25) is 5.91 Å². The minimum Gasteiger partial charge on any atom is -0.356 e. The molecule has 0 unspecified atom stereocenters. The van der Waals surface area contributed by atoms with Crippen molar-refractivity contribution in [2.24, 2.45) is 5.41 Å². The average molecular weight is 173 g/mol. The molecule has 0 heterocycles. The predicted octanol–water partition coefficient (Wildman–Crippen LogP) is 1.22. The second-order valence-corrected chi connectivity index (χ2v) is 4.01. The van der Waals surface area contributed by atoms with Crippen LogP contribution in [0.5, 0.6) is 0 Å². The molecule has 0 aromatic carbocycles. The van der Waals surface area contributed by atoms with Gasteiger partial charge >= 0.3 is 0 Å². The molecule has 2 nitrogen and oxygen atoms in total. The molecule has 1 N–H and O–H groups in total. The summed E-state index contributed by atoms with van der Waals surface area (Å²) < 4.78 is 0. The summed E-state index contributed by atoms with van der Waals surface area (Å²) in [5, 5.41) is 2.90. The number of amides is 1. The molecule has 0 radical (unpaired) electrons. The van der Waals surface area contributed by atoms with Gasteiger partial charge in [-0.3, -0.25) is 4.79 Å². The first-order chi connectivity index (χ1) is 5.16. The summed E-state index contributed by atoms with van der Waals surface area (Å²) in [7, 11) is 0. The zero-order valence-corrected chi connectivity index (χ0v) is 7.79. The van der Waals surface area contributed by atoms with Crippen molar-refractivity contribution >= 4 is 18.5 Å². The number of hydrogen-bond acceptors (Lipinski definition) is 2. The molecule has 1 aliphatic rings. The fourth-order valence-corrected chi connectivity index (χ4v) is 1.10. The summed E-state index contributed by atoms with van der Waals surface area (Å²) in [4.78, 5) is 11.0. The van der Waals surface area contributed by atoms with Crippen LogP contribution in [-0.2, 0) is 4.79 Å². The van der Waals surface area contributed by atoms with E-state index >= 15 is 0 Å². The van der Waals surface area contributed by atoms with Crippen molar-refractivity contribution in [2.75, 3.05) is 12.3 Å². The minimum atomic E-state index is 0.133. The number of carbonyl (C=O) groups excluding carboxylic acids is 1. The summed E-state index contributed by atoms with van der Waals surface area (Å²) >= 11 is 3.98. The normalized spacial score (nSPS) is 19.5. The van der Waals surface area contributed by atoms with Crippen molar-refractivity contribution in [1.29, 1.82) is 0 Å². The zero-order chi connectivity index (χ0) is 8.32. The second kappa shape index (κ2) is 3.48. The van der Waals surface area contributed by atoms with Gasteiger partial charge in [0.05, 0.1) is 0 Å². The zero-order valence-electron chi connectivity index (χ0n) is 6.89. The Morgan fingerprint density at radius 2 is 2.27 bits per heavy atom. The monoisotopic (exact) mass is 173 g/mol. The Morgan fingerprint density at radius 3 is 2.73 bits per heavy atom. The highest BCUT2D eigenvalue weighted by atomic mass is 32.1. The lowest BCUT2D eigenvalue weighted by Gasteiger charge is -2.08. The quantitative estimate of drug-likeness (QED) is 0.615. The molecular weight excluding hydrogens is 158 g/mol. The molecule has 0 aromatic rings. The Bertz CT molecular complexity index is 154. The maximum atomic E-state index is 11.0. The molecule has 0 spiro atoms. The first-order valence-corrected chi connectivity index (χ1v) is 4.67. The number of nitrogens with one attached hydrogen (secondary N) is 1. The third kappa shape index (κ3) is 3.14. The first kappa shape index (κ1) is 8.91. The lowest BCUT2D eigenvalue weighted by molar-refractivity contribution is -0.120. The average Bonchev–Trinajstić information content (AvgIpc) is 2.66. The molecule has 0 aromatic heterocycles. The van der Waals surface area contributed by atoms with Crippen LogP contribution in [0.4, 0.5) is 0 Å². The van der Waals surface area contributed by atoms with Crippen molar-refractivity contribution in [3.8, 4) is 0 Å². The van der Waals surface area contributed by atoms with E-state index in [4.69, 9.17) is 0 Å². The summed E-state index contributed by atoms with van der Waals surface area (Å²) in [5.41, 5.74) is 0.423. The Morgan fingerprint density at radius 1 is 1.64 bits per heavy atom. The van der Waals surface area contributed by atoms with E-state index in [0.717, 1.165) is 6.54 Å². The highest BCUT2D eigenvalue weighted by Crippen LogP contribution is 2.43. The minimum absolute atomic E-state index is 0.133. The van der Waals surface area contributed by atoms with Crippen molar-refractivity contribution in [2.45, 2.75) is 26.2 Å². The summed E-state index contributed by atoms with van der Waals surface area (Å²) in [6.07, 6.45) is 3.06. The van der Waals surface area contributed by atoms with E-state index in [1.807, 2.05) is 0 Å². The van der Waals surface area contributed by atoms with E-state index in [1.165, 1.54) is 12.8 Å². The third-order valence-corrected chi connectivity index (χ3v) is 2.38. The maximum absolute atomic E-state index is 11.0. The van der Waals surface area contributed by atoms with Gasteiger partial charge < -0.3 is 5.32 Å². The molecule has 0 atom stereocenters. The molecule has 0 saturated heterocycles. The van der Waals surface area contributed by atoms with Gasteiger partial charge in [0.15, 0.2) is 0 Å². The van der Waals surface area contributed by atoms with Crippen LogP contribution >= 0.6 is 12.6 Å². The molecule has 3 heteroatoms. The highest BCUT2D eigenvalue weighted by molar-refractivity contribution is 7.80. The molecule has 1 aliphatic carbocycles. The van der Waals surface area contributed by atoms with E-state index < -0.39 is 0 Å². The van der Waals surface area contributed by atoms with E-state index in [2.05, 4.69) is 24.9 Å². The van der Waals surface area contributed by atoms with E-state index in [9.17, 15) is 4.79 Å². The lowest BCUT2D eigenvalue weighted by atomic mass is 10.1. The van der Waals surface area contributed by atoms with E-state index in [0.29, 0.717) is 17.6 Å². The van der Waals surface area contributed by atoms with E-state index in [1.54, 1.807) is 0 Å². The summed E-state index contributed by atoms with van der Waals surface area (Å²) in [6.45, 7) is 3.05. The Balaban J connectivity index is 2.06. The molecule has 1 amide bonds. The Kier molecular flexibility index (Phi) is 2.82. The Hall–Kier alpha value is -0.180. The summed E-state index contributed by atoms with van der Waals surface area (Å²) in [5.74, 6) is 0.774. The largest absolute Gasteiger partial charge is 0.356 e. The van der Waals surface area contributed by atoms with Gasteiger partial charge in [0.25, 0.3) is 0 Å². The molecule has 1 rings (SSSR count). The molecule has 1 fully saturated rings. The SMILES string of the molecule is CC1(CNC(=O)CCS)CC1. The van der Waals surface area contributed by atoms with Gasteiger partial charge in [-0.15, -0.1) is 0 Å². The van der Waals surface area contributed by atoms with Crippen LogP contribution < -0.4 is 5.32 Å². The molecule has 0 aliphatic heterocycles. The van der Waals surface area contributed by atoms with E-state index in [-0.39, 0.29) is 5.91 Å².